The van der Waals surface area contributed by atoms with Crippen LogP contribution in [0.3, 0.4) is 0 Å². The summed E-state index contributed by atoms with van der Waals surface area (Å²) in [7, 11) is 0. The van der Waals surface area contributed by atoms with Crippen molar-refractivity contribution in [3.05, 3.63) is 34.9 Å². The van der Waals surface area contributed by atoms with Crippen LogP contribution < -0.4 is 10.6 Å². The summed E-state index contributed by atoms with van der Waals surface area (Å²) >= 11 is 5.77. The number of urea groups is 1. The normalized spacial score (nSPS) is 9.79. The van der Waals surface area contributed by atoms with Gasteiger partial charge in [0.25, 0.3) is 0 Å². The zero-order valence-corrected chi connectivity index (χ0v) is 11.5. The number of hydrogen-bond donors (Lipinski definition) is 2. The number of esters is 1. The van der Waals surface area contributed by atoms with Crippen LogP contribution in [-0.2, 0) is 16.0 Å². The highest BCUT2D eigenvalue weighted by Gasteiger charge is 2.04. The van der Waals surface area contributed by atoms with Gasteiger partial charge in [-0.2, -0.15) is 0 Å². The second-order valence-corrected chi connectivity index (χ2v) is 4.23. The molecule has 19 heavy (non-hydrogen) atoms. The van der Waals surface area contributed by atoms with Gasteiger partial charge in [-0.15, -0.1) is 0 Å². The lowest BCUT2D eigenvalue weighted by atomic mass is 10.1. The van der Waals surface area contributed by atoms with E-state index in [1.54, 1.807) is 19.1 Å². The highest BCUT2D eigenvalue weighted by atomic mass is 35.5. The SMILES string of the molecule is CCOC(=O)CNC(=O)NCCc1ccc(Cl)cc1. The van der Waals surface area contributed by atoms with E-state index in [2.05, 4.69) is 15.4 Å². The van der Waals surface area contributed by atoms with Crippen LogP contribution in [0, 0.1) is 0 Å². The number of amides is 2. The second kappa shape index (κ2) is 8.37. The Bertz CT molecular complexity index is 420. The molecule has 6 heteroatoms. The van der Waals surface area contributed by atoms with Crippen LogP contribution >= 0.6 is 11.6 Å². The fraction of sp³-hybridized carbons (Fsp3) is 0.385. The van der Waals surface area contributed by atoms with E-state index in [4.69, 9.17) is 11.6 Å². The molecule has 0 aliphatic heterocycles. The molecule has 2 N–H and O–H groups in total. The molecule has 1 aromatic rings. The van der Waals surface area contributed by atoms with E-state index >= 15 is 0 Å². The molecule has 0 bridgehead atoms. The van der Waals surface area contributed by atoms with E-state index in [9.17, 15) is 9.59 Å². The smallest absolute Gasteiger partial charge is 0.325 e. The maximum absolute atomic E-state index is 11.3. The van der Waals surface area contributed by atoms with Gasteiger partial charge in [0.2, 0.25) is 0 Å². The molecule has 0 atom stereocenters. The summed E-state index contributed by atoms with van der Waals surface area (Å²) in [6.45, 7) is 2.37. The highest BCUT2D eigenvalue weighted by molar-refractivity contribution is 6.30. The Hall–Kier alpha value is -1.75. The summed E-state index contributed by atoms with van der Waals surface area (Å²) in [6.07, 6.45) is 0.698. The number of halogens is 1. The largest absolute Gasteiger partial charge is 0.465 e. The standard InChI is InChI=1S/C13H17ClN2O3/c1-2-19-12(17)9-16-13(18)15-8-7-10-3-5-11(14)6-4-10/h3-6H,2,7-9H2,1H3,(H2,15,16,18). The number of benzene rings is 1. The Morgan fingerprint density at radius 2 is 1.89 bits per heavy atom. The van der Waals surface area contributed by atoms with E-state index in [1.807, 2.05) is 12.1 Å². The molecule has 0 fully saturated rings. The predicted octanol–water partition coefficient (Wildman–Crippen LogP) is 1.74. The van der Waals surface area contributed by atoms with Crippen molar-refractivity contribution in [3.63, 3.8) is 0 Å². The Morgan fingerprint density at radius 3 is 2.53 bits per heavy atom. The van der Waals surface area contributed by atoms with Gasteiger partial charge in [-0.1, -0.05) is 23.7 Å². The maximum atomic E-state index is 11.3. The van der Waals surface area contributed by atoms with E-state index in [-0.39, 0.29) is 12.6 Å². The average Bonchev–Trinajstić information content (AvgIpc) is 2.39. The molecule has 2 amide bonds. The Labute approximate surface area is 117 Å². The minimum atomic E-state index is -0.449. The van der Waals surface area contributed by atoms with Gasteiger partial charge >= 0.3 is 12.0 Å². The molecule has 0 aromatic heterocycles. The quantitative estimate of drug-likeness (QED) is 0.782. The summed E-state index contributed by atoms with van der Waals surface area (Å²) in [6, 6.07) is 7.03. The van der Waals surface area contributed by atoms with Crippen LogP contribution in [0.1, 0.15) is 12.5 Å². The minimum absolute atomic E-state index is 0.124. The number of hydrogen-bond acceptors (Lipinski definition) is 3. The van der Waals surface area contributed by atoms with Gasteiger partial charge in [0.15, 0.2) is 0 Å². The lowest BCUT2D eigenvalue weighted by Gasteiger charge is -2.07. The molecule has 5 nitrogen and oxygen atoms in total. The lowest BCUT2D eigenvalue weighted by molar-refractivity contribution is -0.141. The summed E-state index contributed by atoms with van der Waals surface area (Å²) in [5.41, 5.74) is 1.08. The zero-order valence-electron chi connectivity index (χ0n) is 10.7. The van der Waals surface area contributed by atoms with Gasteiger partial charge in [-0.05, 0) is 31.0 Å². The average molecular weight is 285 g/mol. The van der Waals surface area contributed by atoms with Crippen LogP contribution in [0.2, 0.25) is 5.02 Å². The number of carbonyl (C=O) groups excluding carboxylic acids is 2. The molecule has 0 unspecified atom stereocenters. The Kier molecular flexibility index (Phi) is 6.74. The van der Waals surface area contributed by atoms with Crippen molar-refractivity contribution in [3.8, 4) is 0 Å². The summed E-state index contributed by atoms with van der Waals surface area (Å²) in [5, 5.41) is 5.75. The van der Waals surface area contributed by atoms with Crippen LogP contribution in [0.15, 0.2) is 24.3 Å². The van der Waals surface area contributed by atoms with Crippen LogP contribution in [-0.4, -0.2) is 31.7 Å². The molecular formula is C13H17ClN2O3. The van der Waals surface area contributed by atoms with Crippen molar-refractivity contribution < 1.29 is 14.3 Å². The van der Waals surface area contributed by atoms with E-state index in [0.717, 1.165) is 5.56 Å². The van der Waals surface area contributed by atoms with Crippen LogP contribution in [0.5, 0.6) is 0 Å². The van der Waals surface area contributed by atoms with E-state index in [0.29, 0.717) is 24.6 Å². The third kappa shape index (κ3) is 6.67. The van der Waals surface area contributed by atoms with Crippen molar-refractivity contribution in [1.29, 1.82) is 0 Å². The fourth-order valence-corrected chi connectivity index (χ4v) is 1.52. The minimum Gasteiger partial charge on any atom is -0.465 e. The van der Waals surface area contributed by atoms with Crippen LogP contribution in [0.25, 0.3) is 0 Å². The number of rotatable bonds is 6. The molecule has 0 aliphatic carbocycles. The first-order valence-corrected chi connectivity index (χ1v) is 6.41. The summed E-state index contributed by atoms with van der Waals surface area (Å²) in [4.78, 5) is 22.3. The third-order valence-corrected chi connectivity index (χ3v) is 2.56. The Balaban J connectivity index is 2.16. The highest BCUT2D eigenvalue weighted by Crippen LogP contribution is 2.09. The molecule has 0 spiro atoms. The van der Waals surface area contributed by atoms with Gasteiger partial charge in [-0.3, -0.25) is 4.79 Å². The first kappa shape index (κ1) is 15.3. The Morgan fingerprint density at radius 1 is 1.21 bits per heavy atom. The zero-order chi connectivity index (χ0) is 14.1. The predicted molar refractivity (Wildman–Crippen MR) is 73.2 cm³/mol. The topological polar surface area (TPSA) is 67.4 Å². The molecule has 104 valence electrons. The van der Waals surface area contributed by atoms with Crippen molar-refractivity contribution in [2.45, 2.75) is 13.3 Å². The van der Waals surface area contributed by atoms with Crippen molar-refractivity contribution in [1.82, 2.24) is 10.6 Å². The van der Waals surface area contributed by atoms with Gasteiger partial charge in [-0.25, -0.2) is 4.79 Å². The molecule has 1 rings (SSSR count). The molecule has 0 saturated carbocycles. The van der Waals surface area contributed by atoms with Gasteiger partial charge < -0.3 is 15.4 Å². The molecule has 0 radical (unpaired) electrons. The van der Waals surface area contributed by atoms with Crippen molar-refractivity contribution >= 4 is 23.6 Å². The van der Waals surface area contributed by atoms with Gasteiger partial charge in [0.05, 0.1) is 6.61 Å². The lowest BCUT2D eigenvalue weighted by Crippen LogP contribution is -2.39. The number of carbonyl (C=O) groups is 2. The van der Waals surface area contributed by atoms with E-state index in [1.165, 1.54) is 0 Å². The first-order valence-electron chi connectivity index (χ1n) is 6.03. The van der Waals surface area contributed by atoms with Gasteiger partial charge in [0, 0.05) is 11.6 Å². The van der Waals surface area contributed by atoms with Crippen LogP contribution in [0.4, 0.5) is 4.79 Å². The number of ether oxygens (including phenoxy) is 1. The van der Waals surface area contributed by atoms with Crippen molar-refractivity contribution in [2.75, 3.05) is 19.7 Å². The molecule has 0 aliphatic rings. The van der Waals surface area contributed by atoms with Crippen molar-refractivity contribution in [2.24, 2.45) is 0 Å². The number of nitrogens with one attached hydrogen (secondary N) is 2. The molecular weight excluding hydrogens is 268 g/mol. The monoisotopic (exact) mass is 284 g/mol. The first-order chi connectivity index (χ1) is 9.11. The summed E-state index contributed by atoms with van der Waals surface area (Å²) < 4.78 is 4.68. The summed E-state index contributed by atoms with van der Waals surface area (Å²) in [5.74, 6) is -0.449. The van der Waals surface area contributed by atoms with E-state index < -0.39 is 5.97 Å². The molecule has 0 saturated heterocycles. The second-order valence-electron chi connectivity index (χ2n) is 3.79. The molecule has 1 aromatic carbocycles. The molecule has 0 heterocycles. The third-order valence-electron chi connectivity index (χ3n) is 2.31. The van der Waals surface area contributed by atoms with Gasteiger partial charge in [0.1, 0.15) is 6.54 Å². The maximum Gasteiger partial charge on any atom is 0.325 e. The fourth-order valence-electron chi connectivity index (χ4n) is 1.40.